The highest BCUT2D eigenvalue weighted by atomic mass is 35.5. The summed E-state index contributed by atoms with van der Waals surface area (Å²) >= 11 is 12.2. The Labute approximate surface area is 123 Å². The fourth-order valence-corrected chi connectivity index (χ4v) is 2.75. The molecule has 1 saturated carbocycles. The molecule has 4 nitrogen and oxygen atoms in total. The van der Waals surface area contributed by atoms with E-state index in [1.54, 1.807) is 6.07 Å². The van der Waals surface area contributed by atoms with Crippen LogP contribution in [0.15, 0.2) is 6.07 Å². The highest BCUT2D eigenvalue weighted by Gasteiger charge is 2.20. The summed E-state index contributed by atoms with van der Waals surface area (Å²) in [5.41, 5.74) is 0. The molecule has 1 heterocycles. The SMILES string of the molecule is CCNc1nc(NC2CCC(O)CC2)c(Cl)cc1Cl. The molecule has 1 aromatic heterocycles. The lowest BCUT2D eigenvalue weighted by Crippen LogP contribution is -2.28. The van der Waals surface area contributed by atoms with Gasteiger partial charge in [0.05, 0.1) is 16.1 Å². The van der Waals surface area contributed by atoms with E-state index in [9.17, 15) is 5.11 Å². The van der Waals surface area contributed by atoms with Gasteiger partial charge in [0, 0.05) is 12.6 Å². The summed E-state index contributed by atoms with van der Waals surface area (Å²) in [6.45, 7) is 2.74. The lowest BCUT2D eigenvalue weighted by molar-refractivity contribution is 0.126. The highest BCUT2D eigenvalue weighted by Crippen LogP contribution is 2.31. The number of aromatic nitrogens is 1. The molecule has 0 aliphatic heterocycles. The van der Waals surface area contributed by atoms with Crippen LogP contribution in [0.4, 0.5) is 11.6 Å². The number of aliphatic hydroxyl groups is 1. The van der Waals surface area contributed by atoms with E-state index < -0.39 is 0 Å². The highest BCUT2D eigenvalue weighted by molar-refractivity contribution is 6.37. The molecule has 0 bridgehead atoms. The summed E-state index contributed by atoms with van der Waals surface area (Å²) in [5, 5.41) is 17.0. The number of anilines is 2. The van der Waals surface area contributed by atoms with E-state index in [2.05, 4.69) is 15.6 Å². The van der Waals surface area contributed by atoms with E-state index in [1.807, 2.05) is 6.92 Å². The van der Waals surface area contributed by atoms with Crippen LogP contribution in [0.25, 0.3) is 0 Å². The number of nitrogens with zero attached hydrogens (tertiary/aromatic N) is 1. The monoisotopic (exact) mass is 303 g/mol. The number of aliphatic hydroxyl groups excluding tert-OH is 1. The van der Waals surface area contributed by atoms with Gasteiger partial charge in [0.2, 0.25) is 0 Å². The molecular weight excluding hydrogens is 285 g/mol. The van der Waals surface area contributed by atoms with Crippen LogP contribution >= 0.6 is 23.2 Å². The van der Waals surface area contributed by atoms with Crippen molar-refractivity contribution in [3.8, 4) is 0 Å². The molecule has 0 atom stereocenters. The molecule has 0 spiro atoms. The van der Waals surface area contributed by atoms with E-state index in [4.69, 9.17) is 23.2 Å². The first kappa shape index (κ1) is 14.7. The van der Waals surface area contributed by atoms with Crippen molar-refractivity contribution < 1.29 is 5.11 Å². The normalized spacial score (nSPS) is 23.2. The third-order valence-electron chi connectivity index (χ3n) is 3.31. The predicted molar refractivity (Wildman–Crippen MR) is 80.3 cm³/mol. The quantitative estimate of drug-likeness (QED) is 0.796. The van der Waals surface area contributed by atoms with Crippen LogP contribution in [0.5, 0.6) is 0 Å². The Hall–Kier alpha value is -0.710. The summed E-state index contributed by atoms with van der Waals surface area (Å²) < 4.78 is 0. The molecule has 6 heteroatoms. The van der Waals surface area contributed by atoms with Crippen LogP contribution in [-0.2, 0) is 0 Å². The van der Waals surface area contributed by atoms with Crippen LogP contribution in [0.1, 0.15) is 32.6 Å². The zero-order valence-electron chi connectivity index (χ0n) is 10.9. The molecule has 1 aromatic rings. The van der Waals surface area contributed by atoms with Crippen LogP contribution in [0, 0.1) is 0 Å². The summed E-state index contributed by atoms with van der Waals surface area (Å²) in [5.74, 6) is 1.30. The van der Waals surface area contributed by atoms with Gasteiger partial charge in [-0.1, -0.05) is 23.2 Å². The average Bonchev–Trinajstić information content (AvgIpc) is 2.38. The first-order chi connectivity index (χ1) is 9.10. The van der Waals surface area contributed by atoms with E-state index in [1.165, 1.54) is 0 Å². The second-order valence-corrected chi connectivity index (χ2v) is 5.64. The molecule has 0 saturated heterocycles. The predicted octanol–water partition coefficient (Wildman–Crippen LogP) is 3.54. The number of hydrogen-bond donors (Lipinski definition) is 3. The van der Waals surface area contributed by atoms with Crippen molar-refractivity contribution in [3.63, 3.8) is 0 Å². The summed E-state index contributed by atoms with van der Waals surface area (Å²) in [6, 6.07) is 2.01. The van der Waals surface area contributed by atoms with Crippen LogP contribution < -0.4 is 10.6 Å². The van der Waals surface area contributed by atoms with Crippen molar-refractivity contribution in [1.29, 1.82) is 0 Å². The van der Waals surface area contributed by atoms with Crippen molar-refractivity contribution >= 4 is 34.8 Å². The summed E-state index contributed by atoms with van der Waals surface area (Å²) in [4.78, 5) is 4.43. The maximum absolute atomic E-state index is 9.50. The van der Waals surface area contributed by atoms with E-state index >= 15 is 0 Å². The van der Waals surface area contributed by atoms with Gasteiger partial charge in [-0.2, -0.15) is 0 Å². The lowest BCUT2D eigenvalue weighted by atomic mass is 9.93. The van der Waals surface area contributed by atoms with Gasteiger partial charge in [0.25, 0.3) is 0 Å². The van der Waals surface area contributed by atoms with Gasteiger partial charge in [0.1, 0.15) is 11.6 Å². The molecule has 1 aliphatic carbocycles. The number of nitrogens with one attached hydrogen (secondary N) is 2. The Morgan fingerprint density at radius 1 is 1.21 bits per heavy atom. The second kappa shape index (κ2) is 6.64. The first-order valence-corrected chi connectivity index (χ1v) is 7.40. The number of pyridine rings is 1. The van der Waals surface area contributed by atoms with Crippen LogP contribution in [0.2, 0.25) is 10.0 Å². The smallest absolute Gasteiger partial charge is 0.147 e. The van der Waals surface area contributed by atoms with Crippen LogP contribution in [-0.4, -0.2) is 28.8 Å². The van der Waals surface area contributed by atoms with Gasteiger partial charge in [0.15, 0.2) is 0 Å². The third kappa shape index (κ3) is 3.88. The van der Waals surface area contributed by atoms with Gasteiger partial charge in [-0.3, -0.25) is 0 Å². The maximum Gasteiger partial charge on any atom is 0.147 e. The standard InChI is InChI=1S/C13H19Cl2N3O/c1-2-16-12-10(14)7-11(15)13(18-12)17-8-3-5-9(19)6-4-8/h7-9,19H,2-6H2,1H3,(H2,16,17,18). The molecule has 19 heavy (non-hydrogen) atoms. The Morgan fingerprint density at radius 2 is 1.84 bits per heavy atom. The second-order valence-electron chi connectivity index (χ2n) is 4.83. The minimum absolute atomic E-state index is 0.163. The molecule has 3 N–H and O–H groups in total. The Morgan fingerprint density at radius 3 is 2.47 bits per heavy atom. The van der Waals surface area contributed by atoms with Crippen molar-refractivity contribution in [1.82, 2.24) is 4.98 Å². The van der Waals surface area contributed by atoms with E-state index in [0.717, 1.165) is 32.2 Å². The third-order valence-corrected chi connectivity index (χ3v) is 3.89. The first-order valence-electron chi connectivity index (χ1n) is 6.64. The van der Waals surface area contributed by atoms with Gasteiger partial charge in [-0.25, -0.2) is 4.98 Å². The number of rotatable bonds is 4. The van der Waals surface area contributed by atoms with Gasteiger partial charge >= 0.3 is 0 Å². The zero-order chi connectivity index (χ0) is 13.8. The van der Waals surface area contributed by atoms with Crippen molar-refractivity contribution in [2.24, 2.45) is 0 Å². The summed E-state index contributed by atoms with van der Waals surface area (Å²) in [7, 11) is 0. The lowest BCUT2D eigenvalue weighted by Gasteiger charge is -2.27. The maximum atomic E-state index is 9.50. The van der Waals surface area contributed by atoms with E-state index in [0.29, 0.717) is 27.7 Å². The molecule has 1 fully saturated rings. The van der Waals surface area contributed by atoms with Crippen molar-refractivity contribution in [2.45, 2.75) is 44.8 Å². The zero-order valence-corrected chi connectivity index (χ0v) is 12.4. The largest absolute Gasteiger partial charge is 0.393 e. The van der Waals surface area contributed by atoms with E-state index in [-0.39, 0.29) is 6.10 Å². The Balaban J connectivity index is 2.08. The fraction of sp³-hybridized carbons (Fsp3) is 0.615. The van der Waals surface area contributed by atoms with Gasteiger partial charge < -0.3 is 15.7 Å². The van der Waals surface area contributed by atoms with Gasteiger partial charge in [-0.05, 0) is 38.7 Å². The molecular formula is C13H19Cl2N3O. The molecule has 0 radical (unpaired) electrons. The topological polar surface area (TPSA) is 57.2 Å². The number of halogens is 2. The van der Waals surface area contributed by atoms with Crippen LogP contribution in [0.3, 0.4) is 0 Å². The average molecular weight is 304 g/mol. The Kier molecular flexibility index (Phi) is 5.13. The van der Waals surface area contributed by atoms with Crippen molar-refractivity contribution in [3.05, 3.63) is 16.1 Å². The molecule has 0 unspecified atom stereocenters. The molecule has 1 aliphatic rings. The minimum atomic E-state index is -0.163. The summed E-state index contributed by atoms with van der Waals surface area (Å²) in [6.07, 6.45) is 3.34. The van der Waals surface area contributed by atoms with Crippen molar-refractivity contribution in [2.75, 3.05) is 17.2 Å². The molecule has 2 rings (SSSR count). The minimum Gasteiger partial charge on any atom is -0.393 e. The van der Waals surface area contributed by atoms with Gasteiger partial charge in [-0.15, -0.1) is 0 Å². The fourth-order valence-electron chi connectivity index (χ4n) is 2.27. The molecule has 0 aromatic carbocycles. The Bertz CT molecular complexity index is 434. The molecule has 0 amide bonds. The molecule has 106 valence electrons. The number of hydrogen-bond acceptors (Lipinski definition) is 4.